The molecule has 0 spiro atoms. The van der Waals surface area contributed by atoms with E-state index in [1.54, 1.807) is 24.3 Å². The Bertz CT molecular complexity index is 1220. The van der Waals surface area contributed by atoms with Gasteiger partial charge in [-0.25, -0.2) is 0 Å². The van der Waals surface area contributed by atoms with Crippen LogP contribution in [0, 0.1) is 17.0 Å². The maximum absolute atomic E-state index is 12.5. The number of amides is 1. The van der Waals surface area contributed by atoms with Gasteiger partial charge in [-0.05, 0) is 36.8 Å². The van der Waals surface area contributed by atoms with E-state index in [-0.39, 0.29) is 22.2 Å². The van der Waals surface area contributed by atoms with Crippen LogP contribution in [0.15, 0.2) is 64.9 Å². The van der Waals surface area contributed by atoms with Crippen LogP contribution >= 0.6 is 24.0 Å². The molecule has 3 rings (SSSR count). The van der Waals surface area contributed by atoms with Crippen LogP contribution in [0.5, 0.6) is 5.75 Å². The molecule has 0 aromatic heterocycles. The molecule has 0 saturated carbocycles. The maximum atomic E-state index is 12.5. The van der Waals surface area contributed by atoms with Crippen LogP contribution in [-0.4, -0.2) is 35.0 Å². The number of hydrogen-bond donors (Lipinski definition) is 0. The summed E-state index contributed by atoms with van der Waals surface area (Å²) in [6.07, 6.45) is 3.23. The molecule has 8 nitrogen and oxygen atoms in total. The first-order chi connectivity index (χ1) is 14.6. The first-order valence-corrected chi connectivity index (χ1v) is 11.4. The Morgan fingerprint density at radius 2 is 1.94 bits per heavy atom. The van der Waals surface area contributed by atoms with Crippen LogP contribution in [0.4, 0.5) is 5.69 Å². The van der Waals surface area contributed by atoms with Gasteiger partial charge in [0.2, 0.25) is 0 Å². The molecule has 31 heavy (non-hydrogen) atoms. The first kappa shape index (κ1) is 22.7. The number of hydrogen-bond acceptors (Lipinski definition) is 8. The molecule has 2 aromatic rings. The van der Waals surface area contributed by atoms with Crippen LogP contribution in [0.2, 0.25) is 0 Å². The Hall–Kier alpha value is -3.02. The SMILES string of the molecule is C=CCN1C(=O)/C(=C\c2ccc(OS(=O)(=O)c3ccc(C)c([N+](=O)[O-])c3)cc2)SC1=S. The first-order valence-electron chi connectivity index (χ1n) is 8.78. The van der Waals surface area contributed by atoms with Crippen molar-refractivity contribution in [3.05, 3.63) is 81.3 Å². The van der Waals surface area contributed by atoms with E-state index in [9.17, 15) is 23.3 Å². The van der Waals surface area contributed by atoms with Crippen LogP contribution in [-0.2, 0) is 14.9 Å². The third kappa shape index (κ3) is 5.01. The van der Waals surface area contributed by atoms with Crippen molar-refractivity contribution in [3.63, 3.8) is 0 Å². The van der Waals surface area contributed by atoms with Gasteiger partial charge < -0.3 is 4.18 Å². The Balaban J connectivity index is 1.79. The molecule has 0 unspecified atom stereocenters. The number of nitro groups is 1. The van der Waals surface area contributed by atoms with Crippen LogP contribution in [0.25, 0.3) is 6.08 Å². The van der Waals surface area contributed by atoms with Crippen molar-refractivity contribution in [3.8, 4) is 5.75 Å². The minimum atomic E-state index is -4.26. The highest BCUT2D eigenvalue weighted by Crippen LogP contribution is 2.33. The second-order valence-electron chi connectivity index (χ2n) is 6.39. The van der Waals surface area contributed by atoms with Crippen LogP contribution in [0.3, 0.4) is 0 Å². The largest absolute Gasteiger partial charge is 0.379 e. The van der Waals surface area contributed by atoms with Crippen LogP contribution < -0.4 is 4.18 Å². The Labute approximate surface area is 188 Å². The number of nitro benzene ring substituents is 1. The van der Waals surface area contributed by atoms with Crippen molar-refractivity contribution in [2.45, 2.75) is 11.8 Å². The molecule has 0 N–H and O–H groups in total. The van der Waals surface area contributed by atoms with E-state index in [2.05, 4.69) is 6.58 Å². The molecule has 0 aliphatic carbocycles. The second-order valence-corrected chi connectivity index (χ2v) is 9.61. The van der Waals surface area contributed by atoms with Gasteiger partial charge in [-0.3, -0.25) is 19.8 Å². The van der Waals surface area contributed by atoms with Gasteiger partial charge in [-0.15, -0.1) is 6.58 Å². The average molecular weight is 477 g/mol. The second kappa shape index (κ2) is 9.00. The molecular formula is C20H16N2O6S3. The molecule has 0 radical (unpaired) electrons. The number of rotatable bonds is 7. The van der Waals surface area contributed by atoms with Crippen molar-refractivity contribution in [1.29, 1.82) is 0 Å². The van der Waals surface area contributed by atoms with Gasteiger partial charge in [-0.2, -0.15) is 8.42 Å². The Morgan fingerprint density at radius 3 is 2.55 bits per heavy atom. The minimum absolute atomic E-state index is 0.0274. The number of benzene rings is 2. The molecule has 1 amide bonds. The fraction of sp³-hybridized carbons (Fsp3) is 0.100. The summed E-state index contributed by atoms with van der Waals surface area (Å²) in [7, 11) is -4.26. The summed E-state index contributed by atoms with van der Waals surface area (Å²) in [5.41, 5.74) is 0.676. The molecule has 11 heteroatoms. The molecular weight excluding hydrogens is 460 g/mol. The number of thiocarbonyl (C=S) groups is 1. The molecule has 2 aromatic carbocycles. The zero-order valence-corrected chi connectivity index (χ0v) is 18.6. The zero-order chi connectivity index (χ0) is 22.8. The van der Waals surface area contributed by atoms with E-state index in [0.29, 0.717) is 26.9 Å². The van der Waals surface area contributed by atoms with Crippen molar-refractivity contribution in [1.82, 2.24) is 4.90 Å². The summed E-state index contributed by atoms with van der Waals surface area (Å²) in [6, 6.07) is 9.58. The van der Waals surface area contributed by atoms with Gasteiger partial charge in [-0.1, -0.05) is 48.3 Å². The van der Waals surface area contributed by atoms with E-state index in [1.807, 2.05) is 0 Å². The number of nitrogens with zero attached hydrogens (tertiary/aromatic N) is 2. The van der Waals surface area contributed by atoms with Crippen LogP contribution in [0.1, 0.15) is 11.1 Å². The maximum Gasteiger partial charge on any atom is 0.339 e. The van der Waals surface area contributed by atoms with Crippen molar-refractivity contribution in [2.24, 2.45) is 0 Å². The third-order valence-electron chi connectivity index (χ3n) is 4.24. The molecule has 0 bridgehead atoms. The summed E-state index contributed by atoms with van der Waals surface area (Å²) < 4.78 is 30.5. The third-order valence-corrected chi connectivity index (χ3v) is 6.86. The van der Waals surface area contributed by atoms with Gasteiger partial charge in [0.1, 0.15) is 15.0 Å². The van der Waals surface area contributed by atoms with E-state index >= 15 is 0 Å². The molecule has 1 saturated heterocycles. The monoisotopic (exact) mass is 476 g/mol. The highest BCUT2D eigenvalue weighted by Gasteiger charge is 2.31. The van der Waals surface area contributed by atoms with E-state index < -0.39 is 15.0 Å². The van der Waals surface area contributed by atoms with E-state index in [4.69, 9.17) is 16.4 Å². The number of thioether (sulfide) groups is 1. The fourth-order valence-electron chi connectivity index (χ4n) is 2.67. The average Bonchev–Trinajstić information content (AvgIpc) is 2.97. The van der Waals surface area contributed by atoms with Crippen molar-refractivity contribution >= 4 is 56.1 Å². The number of carbonyl (C=O) groups excluding carboxylic acids is 1. The fourth-order valence-corrected chi connectivity index (χ4v) is 4.90. The van der Waals surface area contributed by atoms with Crippen molar-refractivity contribution < 1.29 is 22.3 Å². The summed E-state index contributed by atoms with van der Waals surface area (Å²) >= 11 is 6.36. The zero-order valence-electron chi connectivity index (χ0n) is 16.2. The lowest BCUT2D eigenvalue weighted by molar-refractivity contribution is -0.385. The Morgan fingerprint density at radius 1 is 1.26 bits per heavy atom. The topological polar surface area (TPSA) is 107 Å². The molecule has 1 heterocycles. The summed E-state index contributed by atoms with van der Waals surface area (Å²) in [5.74, 6) is -0.196. The number of aryl methyl sites for hydroxylation is 1. The van der Waals surface area contributed by atoms with E-state index in [1.165, 1.54) is 47.9 Å². The predicted molar refractivity (Wildman–Crippen MR) is 122 cm³/mol. The normalized spacial score (nSPS) is 15.4. The lowest BCUT2D eigenvalue weighted by Crippen LogP contribution is -2.27. The summed E-state index contributed by atoms with van der Waals surface area (Å²) in [6.45, 7) is 5.44. The van der Waals surface area contributed by atoms with E-state index in [0.717, 1.165) is 6.07 Å². The Kier molecular flexibility index (Phi) is 6.58. The molecule has 160 valence electrons. The predicted octanol–water partition coefficient (Wildman–Crippen LogP) is 4.06. The standard InChI is InChI=1S/C20H16N2O6S3/c1-3-10-21-19(23)18(30-20(21)29)11-14-5-7-15(8-6-14)28-31(26,27)16-9-4-13(2)17(12-16)22(24)25/h3-9,11-12H,1,10H2,2H3/b18-11+. The summed E-state index contributed by atoms with van der Waals surface area (Å²) in [5, 5.41) is 11.1. The minimum Gasteiger partial charge on any atom is -0.379 e. The van der Waals surface area contributed by atoms with Gasteiger partial charge in [0, 0.05) is 18.2 Å². The van der Waals surface area contributed by atoms with Gasteiger partial charge in [0.15, 0.2) is 0 Å². The highest BCUT2D eigenvalue weighted by atomic mass is 32.2. The number of carbonyl (C=O) groups is 1. The van der Waals surface area contributed by atoms with Gasteiger partial charge in [0.05, 0.1) is 9.83 Å². The van der Waals surface area contributed by atoms with Crippen molar-refractivity contribution in [2.75, 3.05) is 6.54 Å². The van der Waals surface area contributed by atoms with Gasteiger partial charge >= 0.3 is 10.1 Å². The summed E-state index contributed by atoms with van der Waals surface area (Å²) in [4.78, 5) is 24.3. The lowest BCUT2D eigenvalue weighted by atomic mass is 10.2. The highest BCUT2D eigenvalue weighted by molar-refractivity contribution is 8.26. The molecule has 1 aliphatic heterocycles. The quantitative estimate of drug-likeness (QED) is 0.147. The molecule has 1 fully saturated rings. The molecule has 0 atom stereocenters. The van der Waals surface area contributed by atoms with Gasteiger partial charge in [0.25, 0.3) is 11.6 Å². The molecule has 1 aliphatic rings. The lowest BCUT2D eigenvalue weighted by Gasteiger charge is -2.10. The smallest absolute Gasteiger partial charge is 0.339 e.